The number of rotatable bonds is 5. The van der Waals surface area contributed by atoms with Crippen LogP contribution in [0.2, 0.25) is 0 Å². The molecule has 0 saturated carbocycles. The lowest BCUT2D eigenvalue weighted by atomic mass is 10.2. The number of halogens is 2. The van der Waals surface area contributed by atoms with Crippen LogP contribution in [0.1, 0.15) is 11.4 Å². The molecule has 7 nitrogen and oxygen atoms in total. The van der Waals surface area contributed by atoms with Gasteiger partial charge in [0.05, 0.1) is 21.6 Å². The Morgan fingerprint density at radius 1 is 1.30 bits per heavy atom. The van der Waals surface area contributed by atoms with Crippen molar-refractivity contribution in [3.8, 4) is 5.75 Å². The number of ether oxygens (including phenoxy) is 1. The lowest BCUT2D eigenvalue weighted by Gasteiger charge is -2.07. The molecule has 0 aliphatic carbocycles. The molecule has 0 unspecified atom stereocenters. The summed E-state index contributed by atoms with van der Waals surface area (Å²) < 4.78 is 7.75. The van der Waals surface area contributed by atoms with Crippen LogP contribution in [0.3, 0.4) is 0 Å². The van der Waals surface area contributed by atoms with Gasteiger partial charge in [0.1, 0.15) is 11.6 Å². The first-order valence-corrected chi connectivity index (χ1v) is 9.31. The van der Waals surface area contributed by atoms with E-state index in [0.29, 0.717) is 32.5 Å². The van der Waals surface area contributed by atoms with Gasteiger partial charge in [-0.2, -0.15) is 9.78 Å². The quantitative estimate of drug-likeness (QED) is 0.547. The first kappa shape index (κ1) is 19.2. The van der Waals surface area contributed by atoms with Crippen LogP contribution in [0.25, 0.3) is 10.9 Å². The fourth-order valence-electron chi connectivity index (χ4n) is 2.37. The maximum Gasteiger partial charge on any atom is 0.341 e. The van der Waals surface area contributed by atoms with Crippen LogP contribution in [-0.4, -0.2) is 33.6 Å². The summed E-state index contributed by atoms with van der Waals surface area (Å²) in [6.45, 7) is 1.28. The number of hydrogen-bond acceptors (Lipinski definition) is 5. The van der Waals surface area contributed by atoms with Gasteiger partial charge in [0.2, 0.25) is 0 Å². The minimum atomic E-state index is -1.06. The van der Waals surface area contributed by atoms with Crippen LogP contribution < -0.4 is 10.3 Å². The van der Waals surface area contributed by atoms with E-state index in [1.807, 2.05) is 6.07 Å². The molecule has 0 spiro atoms. The van der Waals surface area contributed by atoms with Crippen LogP contribution >= 0.6 is 31.9 Å². The molecule has 1 N–H and O–H groups in total. The fraction of sp³-hybridized carbons (Fsp3) is 0.111. The Morgan fingerprint density at radius 3 is 2.78 bits per heavy atom. The van der Waals surface area contributed by atoms with Gasteiger partial charge in [-0.3, -0.25) is 4.79 Å². The molecule has 27 heavy (non-hydrogen) atoms. The van der Waals surface area contributed by atoms with E-state index < -0.39 is 12.6 Å². The second-order valence-corrected chi connectivity index (χ2v) is 7.32. The molecule has 0 amide bonds. The number of benzene rings is 2. The Bertz CT molecular complexity index is 1130. The smallest absolute Gasteiger partial charge is 0.341 e. The predicted octanol–water partition coefficient (Wildman–Crippen LogP) is 3.58. The molecule has 1 heterocycles. The summed E-state index contributed by atoms with van der Waals surface area (Å²) in [5.41, 5.74) is 1.04. The second kappa shape index (κ2) is 8.01. The molecule has 3 aromatic rings. The lowest BCUT2D eigenvalue weighted by molar-refractivity contribution is -0.139. The molecule has 0 radical (unpaired) electrons. The van der Waals surface area contributed by atoms with Crippen molar-refractivity contribution < 1.29 is 14.6 Å². The number of aryl methyl sites for hydroxylation is 1. The largest absolute Gasteiger partial charge is 0.481 e. The van der Waals surface area contributed by atoms with Gasteiger partial charge in [0, 0.05) is 4.47 Å². The summed E-state index contributed by atoms with van der Waals surface area (Å²) in [5.74, 6) is -0.190. The maximum absolute atomic E-state index is 12.7. The molecule has 0 aliphatic rings. The summed E-state index contributed by atoms with van der Waals surface area (Å²) in [6.07, 6.45) is 1.52. The predicted molar refractivity (Wildman–Crippen MR) is 109 cm³/mol. The van der Waals surface area contributed by atoms with Crippen molar-refractivity contribution in [2.45, 2.75) is 6.92 Å². The molecule has 0 saturated heterocycles. The average molecular weight is 495 g/mol. The van der Waals surface area contributed by atoms with Crippen LogP contribution in [-0.2, 0) is 4.79 Å². The van der Waals surface area contributed by atoms with E-state index >= 15 is 0 Å². The first-order chi connectivity index (χ1) is 12.8. The topological polar surface area (TPSA) is 93.8 Å². The normalized spacial score (nSPS) is 11.2. The zero-order valence-electron chi connectivity index (χ0n) is 14.0. The van der Waals surface area contributed by atoms with Crippen LogP contribution in [0, 0.1) is 6.92 Å². The molecule has 0 fully saturated rings. The molecular formula is C18H13Br2N3O4. The van der Waals surface area contributed by atoms with E-state index in [1.54, 1.807) is 37.3 Å². The van der Waals surface area contributed by atoms with Crippen molar-refractivity contribution in [1.82, 2.24) is 9.66 Å². The summed E-state index contributed by atoms with van der Waals surface area (Å²) >= 11 is 6.68. The highest BCUT2D eigenvalue weighted by Crippen LogP contribution is 2.25. The zero-order chi connectivity index (χ0) is 19.6. The van der Waals surface area contributed by atoms with Gasteiger partial charge in [-0.05, 0) is 64.8 Å². The van der Waals surface area contributed by atoms with Crippen molar-refractivity contribution in [2.24, 2.45) is 5.10 Å². The summed E-state index contributed by atoms with van der Waals surface area (Å²) in [5, 5.41) is 13.4. The van der Waals surface area contributed by atoms with Crippen molar-refractivity contribution in [1.29, 1.82) is 0 Å². The summed E-state index contributed by atoms with van der Waals surface area (Å²) in [7, 11) is 0. The standard InChI is InChI=1S/C18H13Br2N3O4/c1-10-22-15-4-3-12(19)7-13(15)18(26)23(10)21-8-11-2-5-16(14(20)6-11)27-9-17(24)25/h2-8H,9H2,1H3,(H,24,25). The zero-order valence-corrected chi connectivity index (χ0v) is 17.2. The highest BCUT2D eigenvalue weighted by atomic mass is 79.9. The molecule has 0 bridgehead atoms. The van der Waals surface area contributed by atoms with Crippen molar-refractivity contribution in [3.63, 3.8) is 0 Å². The average Bonchev–Trinajstić information content (AvgIpc) is 2.61. The van der Waals surface area contributed by atoms with E-state index in [1.165, 1.54) is 10.9 Å². The van der Waals surface area contributed by atoms with E-state index in [-0.39, 0.29) is 5.56 Å². The Morgan fingerprint density at radius 2 is 2.07 bits per heavy atom. The van der Waals surface area contributed by atoms with Crippen LogP contribution in [0.15, 0.2) is 55.2 Å². The number of aromatic nitrogens is 2. The molecule has 1 aromatic heterocycles. The number of carboxylic acids is 1. The molecule has 0 aliphatic heterocycles. The number of aliphatic carboxylic acids is 1. The first-order valence-electron chi connectivity index (χ1n) is 7.72. The highest BCUT2D eigenvalue weighted by Gasteiger charge is 2.08. The molecule has 138 valence electrons. The van der Waals surface area contributed by atoms with Gasteiger partial charge in [0.25, 0.3) is 5.56 Å². The molecule has 9 heteroatoms. The van der Waals surface area contributed by atoms with E-state index in [9.17, 15) is 9.59 Å². The summed E-state index contributed by atoms with van der Waals surface area (Å²) in [6, 6.07) is 10.4. The second-order valence-electron chi connectivity index (χ2n) is 5.55. The van der Waals surface area contributed by atoms with Gasteiger partial charge < -0.3 is 9.84 Å². The number of hydrogen-bond donors (Lipinski definition) is 1. The number of carboxylic acid groups (broad SMARTS) is 1. The van der Waals surface area contributed by atoms with Gasteiger partial charge in [-0.1, -0.05) is 15.9 Å². The van der Waals surface area contributed by atoms with Crippen molar-refractivity contribution in [3.05, 3.63) is 67.1 Å². The third kappa shape index (κ3) is 4.42. The van der Waals surface area contributed by atoms with Crippen LogP contribution in [0.4, 0.5) is 0 Å². The van der Waals surface area contributed by atoms with Gasteiger partial charge in [0.15, 0.2) is 6.61 Å². The number of fused-ring (bicyclic) bond motifs is 1. The van der Waals surface area contributed by atoms with Crippen molar-refractivity contribution in [2.75, 3.05) is 6.61 Å². The Labute approximate surface area is 170 Å². The third-order valence-electron chi connectivity index (χ3n) is 3.60. The highest BCUT2D eigenvalue weighted by molar-refractivity contribution is 9.10. The third-order valence-corrected chi connectivity index (χ3v) is 4.71. The minimum absolute atomic E-state index is 0.268. The van der Waals surface area contributed by atoms with E-state index in [2.05, 4.69) is 41.9 Å². The Hall–Kier alpha value is -2.52. The van der Waals surface area contributed by atoms with Crippen molar-refractivity contribution >= 4 is 54.9 Å². The molecule has 2 aromatic carbocycles. The number of carbonyl (C=O) groups is 1. The Balaban J connectivity index is 1.93. The fourth-order valence-corrected chi connectivity index (χ4v) is 3.25. The van der Waals surface area contributed by atoms with E-state index in [0.717, 1.165) is 4.47 Å². The molecular weight excluding hydrogens is 482 g/mol. The minimum Gasteiger partial charge on any atom is -0.481 e. The number of nitrogens with zero attached hydrogens (tertiary/aromatic N) is 3. The van der Waals surface area contributed by atoms with Gasteiger partial charge in [-0.25, -0.2) is 9.78 Å². The summed E-state index contributed by atoms with van der Waals surface area (Å²) in [4.78, 5) is 27.7. The Kier molecular flexibility index (Phi) is 5.71. The monoisotopic (exact) mass is 493 g/mol. The molecule has 3 rings (SSSR count). The molecule has 0 atom stereocenters. The van der Waals surface area contributed by atoms with E-state index in [4.69, 9.17) is 9.84 Å². The van der Waals surface area contributed by atoms with Gasteiger partial charge in [-0.15, -0.1) is 0 Å². The lowest BCUT2D eigenvalue weighted by Crippen LogP contribution is -2.20. The SMILES string of the molecule is Cc1nc2ccc(Br)cc2c(=O)n1N=Cc1ccc(OCC(=O)O)c(Br)c1. The van der Waals surface area contributed by atoms with Crippen LogP contribution in [0.5, 0.6) is 5.75 Å². The van der Waals surface area contributed by atoms with Gasteiger partial charge >= 0.3 is 5.97 Å². The maximum atomic E-state index is 12.7.